The molecule has 0 bridgehead atoms. The van der Waals surface area contributed by atoms with Crippen LogP contribution in [0.15, 0.2) is 58.9 Å². The van der Waals surface area contributed by atoms with E-state index < -0.39 is 0 Å². The molecular weight excluding hydrogens is 234 g/mol. The first-order valence-electron chi connectivity index (χ1n) is 6.57. The van der Waals surface area contributed by atoms with Crippen molar-refractivity contribution < 1.29 is 0 Å². The zero-order valence-electron chi connectivity index (χ0n) is 11.7. The minimum Gasteiger partial charge on any atom is -0.288 e. The van der Waals surface area contributed by atoms with Crippen LogP contribution in [0.5, 0.6) is 0 Å². The number of hydrogen-bond acceptors (Lipinski definition) is 3. The van der Waals surface area contributed by atoms with Gasteiger partial charge in [0, 0.05) is 36.8 Å². The van der Waals surface area contributed by atoms with E-state index in [2.05, 4.69) is 28.3 Å². The van der Waals surface area contributed by atoms with E-state index in [1.54, 1.807) is 18.6 Å². The van der Waals surface area contributed by atoms with E-state index in [4.69, 9.17) is 0 Å². The lowest BCUT2D eigenvalue weighted by Crippen LogP contribution is -2.05. The minimum absolute atomic E-state index is 0.376. The summed E-state index contributed by atoms with van der Waals surface area (Å²) < 4.78 is 0. The Labute approximate surface area is 115 Å². The van der Waals surface area contributed by atoms with E-state index in [1.165, 1.54) is 0 Å². The maximum Gasteiger partial charge on any atom is 0.0465 e. The van der Waals surface area contributed by atoms with Crippen molar-refractivity contribution in [3.05, 3.63) is 54.5 Å². The molecule has 0 N–H and O–H groups in total. The lowest BCUT2D eigenvalue weighted by atomic mass is 9.95. The Morgan fingerprint density at radius 3 is 2.63 bits per heavy atom. The summed E-state index contributed by atoms with van der Waals surface area (Å²) in [4.78, 5) is 12.4. The zero-order chi connectivity index (χ0) is 14.1. The number of nitrogens with zero attached hydrogens (tertiary/aromatic N) is 3. The third-order valence-corrected chi connectivity index (χ3v) is 2.90. The molecule has 1 aromatic heterocycles. The molecule has 0 aromatic carbocycles. The molecule has 1 atom stereocenters. The topological polar surface area (TPSA) is 37.6 Å². The predicted molar refractivity (Wildman–Crippen MR) is 82.9 cm³/mol. The van der Waals surface area contributed by atoms with Gasteiger partial charge in [0.1, 0.15) is 0 Å². The van der Waals surface area contributed by atoms with Crippen LogP contribution in [0.2, 0.25) is 0 Å². The maximum absolute atomic E-state index is 4.58. The molecule has 1 aliphatic heterocycles. The van der Waals surface area contributed by atoms with E-state index in [1.807, 2.05) is 32.1 Å². The molecule has 0 fully saturated rings. The number of aliphatic imine (C=N–C) groups is 2. The highest BCUT2D eigenvalue weighted by Crippen LogP contribution is 2.25. The van der Waals surface area contributed by atoms with E-state index >= 15 is 0 Å². The van der Waals surface area contributed by atoms with Crippen LogP contribution >= 0.6 is 0 Å². The Balaban J connectivity index is 0.000000861. The second-order valence-electron chi connectivity index (χ2n) is 3.94. The van der Waals surface area contributed by atoms with Gasteiger partial charge in [-0.25, -0.2) is 0 Å². The highest BCUT2D eigenvalue weighted by molar-refractivity contribution is 6.01. The van der Waals surface area contributed by atoms with Crippen LogP contribution in [0.1, 0.15) is 25.8 Å². The van der Waals surface area contributed by atoms with Crippen molar-refractivity contribution in [3.63, 3.8) is 0 Å². The molecule has 2 rings (SSSR count). The first-order valence-corrected chi connectivity index (χ1v) is 6.57. The lowest BCUT2D eigenvalue weighted by Gasteiger charge is -2.08. The first kappa shape index (κ1) is 15.0. The van der Waals surface area contributed by atoms with E-state index in [0.717, 1.165) is 29.8 Å². The Hall–Kier alpha value is -2.03. The summed E-state index contributed by atoms with van der Waals surface area (Å²) in [5.74, 6) is 0.376. The van der Waals surface area contributed by atoms with Crippen LogP contribution in [0, 0.1) is 5.92 Å². The van der Waals surface area contributed by atoms with Crippen LogP contribution in [0.3, 0.4) is 0 Å². The summed E-state index contributed by atoms with van der Waals surface area (Å²) in [7, 11) is 0. The summed E-state index contributed by atoms with van der Waals surface area (Å²) in [6, 6.07) is 3.98. The van der Waals surface area contributed by atoms with Gasteiger partial charge in [-0.15, -0.1) is 0 Å². The monoisotopic (exact) mass is 255 g/mol. The largest absolute Gasteiger partial charge is 0.288 e. The fourth-order valence-corrected chi connectivity index (χ4v) is 1.99. The summed E-state index contributed by atoms with van der Waals surface area (Å²) in [5.41, 5.74) is 3.39. The van der Waals surface area contributed by atoms with Crippen molar-refractivity contribution in [2.24, 2.45) is 15.9 Å². The number of hydrogen-bond donors (Lipinski definition) is 0. The van der Waals surface area contributed by atoms with Crippen LogP contribution in [0.4, 0.5) is 0 Å². The Morgan fingerprint density at radius 2 is 2.05 bits per heavy atom. The average molecular weight is 255 g/mol. The molecule has 0 saturated heterocycles. The lowest BCUT2D eigenvalue weighted by molar-refractivity contribution is 0.710. The van der Waals surface area contributed by atoms with Gasteiger partial charge >= 0.3 is 0 Å². The van der Waals surface area contributed by atoms with Gasteiger partial charge in [0.15, 0.2) is 0 Å². The second kappa shape index (κ2) is 8.14. The maximum atomic E-state index is 4.58. The molecule has 0 aliphatic carbocycles. The van der Waals surface area contributed by atoms with Crippen molar-refractivity contribution in [3.8, 4) is 0 Å². The van der Waals surface area contributed by atoms with Gasteiger partial charge in [0.2, 0.25) is 0 Å². The third kappa shape index (κ3) is 3.98. The zero-order valence-corrected chi connectivity index (χ0v) is 11.7. The normalized spacial score (nSPS) is 18.1. The number of allylic oxidation sites excluding steroid dienone is 1. The fraction of sp³-hybridized carbons (Fsp3) is 0.312. The van der Waals surface area contributed by atoms with E-state index in [-0.39, 0.29) is 0 Å². The average Bonchev–Trinajstić information content (AvgIpc) is 2.97. The smallest absolute Gasteiger partial charge is 0.0465 e. The molecule has 0 saturated carbocycles. The van der Waals surface area contributed by atoms with Crippen LogP contribution < -0.4 is 0 Å². The van der Waals surface area contributed by atoms with Crippen molar-refractivity contribution >= 4 is 12.4 Å². The minimum atomic E-state index is 0.376. The van der Waals surface area contributed by atoms with Crippen molar-refractivity contribution in [1.82, 2.24) is 4.98 Å². The first-order chi connectivity index (χ1) is 9.35. The summed E-state index contributed by atoms with van der Waals surface area (Å²) >= 11 is 0. The van der Waals surface area contributed by atoms with Gasteiger partial charge in [-0.2, -0.15) is 0 Å². The van der Waals surface area contributed by atoms with E-state index in [9.17, 15) is 0 Å². The molecule has 1 aromatic rings. The predicted octanol–water partition coefficient (Wildman–Crippen LogP) is 3.69. The number of pyridine rings is 1. The van der Waals surface area contributed by atoms with Crippen LogP contribution in [0.25, 0.3) is 0 Å². The molecule has 1 unspecified atom stereocenters. The van der Waals surface area contributed by atoms with E-state index in [0.29, 0.717) is 5.92 Å². The van der Waals surface area contributed by atoms with Gasteiger partial charge in [-0.05, 0) is 36.4 Å². The molecule has 2 heterocycles. The molecule has 0 radical (unpaired) electrons. The fourth-order valence-electron chi connectivity index (χ4n) is 1.99. The second-order valence-corrected chi connectivity index (χ2v) is 3.94. The highest BCUT2D eigenvalue weighted by atomic mass is 14.8. The molecule has 100 valence electrons. The standard InChI is InChI=1S/C14H15N3.C2H6/c1-3-11(9-15-2)13-8-14(17-10-13)12-4-6-16-7-5-12;1-2/h3-7,9,13H,1-2,8,10H2;1-2H3/b11-9+;. The molecule has 1 aliphatic rings. The Kier molecular flexibility index (Phi) is 6.44. The van der Waals surface area contributed by atoms with Gasteiger partial charge in [-0.3, -0.25) is 15.0 Å². The molecule has 0 amide bonds. The van der Waals surface area contributed by atoms with Crippen LogP contribution in [-0.4, -0.2) is 24.0 Å². The SMILES string of the molecule is C=C/C(=C\N=C)C1CN=C(c2ccncc2)C1.CC. The third-order valence-electron chi connectivity index (χ3n) is 2.90. The Morgan fingerprint density at radius 1 is 1.37 bits per heavy atom. The molecule has 19 heavy (non-hydrogen) atoms. The Bertz CT molecular complexity index is 472. The van der Waals surface area contributed by atoms with Gasteiger partial charge in [-0.1, -0.05) is 26.5 Å². The molecular formula is C16H21N3. The van der Waals surface area contributed by atoms with Crippen molar-refractivity contribution in [1.29, 1.82) is 0 Å². The number of aromatic nitrogens is 1. The van der Waals surface area contributed by atoms with Gasteiger partial charge in [0.25, 0.3) is 0 Å². The number of rotatable bonds is 4. The highest BCUT2D eigenvalue weighted by Gasteiger charge is 2.21. The molecule has 3 heteroatoms. The molecule has 3 nitrogen and oxygen atoms in total. The summed E-state index contributed by atoms with van der Waals surface area (Å²) in [5, 5.41) is 0. The quantitative estimate of drug-likeness (QED) is 0.597. The molecule has 0 spiro atoms. The van der Waals surface area contributed by atoms with Gasteiger partial charge < -0.3 is 0 Å². The summed E-state index contributed by atoms with van der Waals surface area (Å²) in [6.07, 6.45) is 8.12. The van der Waals surface area contributed by atoms with Crippen LogP contribution in [-0.2, 0) is 0 Å². The van der Waals surface area contributed by atoms with Crippen molar-refractivity contribution in [2.75, 3.05) is 6.54 Å². The van der Waals surface area contributed by atoms with Gasteiger partial charge in [0.05, 0.1) is 0 Å². The van der Waals surface area contributed by atoms with Crippen molar-refractivity contribution in [2.45, 2.75) is 20.3 Å². The summed E-state index contributed by atoms with van der Waals surface area (Å²) in [6.45, 7) is 12.1.